The molecule has 0 radical (unpaired) electrons. The number of hydrogen-bond acceptors (Lipinski definition) is 14. The zero-order chi connectivity index (χ0) is 46.0. The van der Waals surface area contributed by atoms with Crippen molar-refractivity contribution < 1.29 is 68.7 Å². The number of likely N-dealkylation sites (tertiary alicyclic amines) is 1. The molecule has 17 N–H and O–H groups in total. The van der Waals surface area contributed by atoms with Gasteiger partial charge < -0.3 is 79.5 Å². The molecular weight excluding hydrogens is 798 g/mol. The molecule has 0 saturated carbocycles. The number of amides is 7. The molecule has 0 bridgehead atoms. The van der Waals surface area contributed by atoms with E-state index in [1.807, 2.05) is 0 Å². The van der Waals surface area contributed by atoms with Crippen molar-refractivity contribution in [2.24, 2.45) is 34.0 Å². The number of aliphatic hydroxyl groups excluding tert-OH is 3. The first-order chi connectivity index (χ1) is 28.0. The first-order valence-electron chi connectivity index (χ1n) is 19.2. The van der Waals surface area contributed by atoms with Gasteiger partial charge in [-0.15, -0.1) is 0 Å². The number of rotatable bonds is 25. The Morgan fingerprint density at radius 1 is 0.700 bits per heavy atom. The highest BCUT2D eigenvalue weighted by Gasteiger charge is 2.39. The highest BCUT2D eigenvalue weighted by Crippen LogP contribution is 2.20. The maximum Gasteiger partial charge on any atom is 0.328 e. The SMILES string of the molecule is CC(C)[C@H](N)C(=O)N1CCC[C@H]1C(=O)N[C@@H](CCCN=C(N)N)C(=O)N[C@@H](CO)C(=O)N[C@@H](CC(=O)O)C(=O)N[C@@H](CO)C(=O)N[C@H](C(=O)N[C@H](C(=O)O)[C@@H](C)O)C(C)C. The maximum atomic E-state index is 13.6. The van der Waals surface area contributed by atoms with Crippen molar-refractivity contribution in [2.75, 3.05) is 26.3 Å². The molecule has 60 heavy (non-hydrogen) atoms. The van der Waals surface area contributed by atoms with E-state index in [9.17, 15) is 68.7 Å². The molecule has 1 rings (SSSR count). The smallest absolute Gasteiger partial charge is 0.328 e. The van der Waals surface area contributed by atoms with Crippen LogP contribution in [-0.2, 0) is 43.2 Å². The molecule has 9 atom stereocenters. The van der Waals surface area contributed by atoms with Gasteiger partial charge >= 0.3 is 11.9 Å². The number of guanidine groups is 1. The number of nitrogens with two attached hydrogens (primary N) is 3. The Labute approximate surface area is 346 Å². The van der Waals surface area contributed by atoms with Crippen molar-refractivity contribution in [2.45, 2.75) is 121 Å². The predicted octanol–water partition coefficient (Wildman–Crippen LogP) is -6.50. The normalized spacial score (nSPS) is 17.7. The van der Waals surface area contributed by atoms with E-state index >= 15 is 0 Å². The third-order valence-electron chi connectivity index (χ3n) is 9.36. The fraction of sp³-hybridized carbons (Fsp3) is 0.714. The van der Waals surface area contributed by atoms with Crippen LogP contribution in [0.3, 0.4) is 0 Å². The first kappa shape index (κ1) is 52.4. The van der Waals surface area contributed by atoms with Crippen molar-refractivity contribution in [1.29, 1.82) is 0 Å². The molecule has 1 heterocycles. The summed E-state index contributed by atoms with van der Waals surface area (Å²) in [7, 11) is 0. The Morgan fingerprint density at radius 3 is 1.67 bits per heavy atom. The van der Waals surface area contributed by atoms with Gasteiger partial charge in [-0.2, -0.15) is 0 Å². The average molecular weight is 860 g/mol. The average Bonchev–Trinajstić information content (AvgIpc) is 3.66. The molecule has 7 amide bonds. The highest BCUT2D eigenvalue weighted by atomic mass is 16.4. The topological polar surface area (TPSA) is 421 Å². The van der Waals surface area contributed by atoms with Gasteiger partial charge in [0.05, 0.1) is 31.8 Å². The number of carboxylic acids is 2. The van der Waals surface area contributed by atoms with Crippen LogP contribution in [0.25, 0.3) is 0 Å². The molecule has 1 aliphatic rings. The third kappa shape index (κ3) is 16.5. The molecule has 340 valence electrons. The minimum atomic E-state index is -1.98. The Morgan fingerprint density at radius 2 is 1.20 bits per heavy atom. The van der Waals surface area contributed by atoms with Gasteiger partial charge in [0.2, 0.25) is 41.4 Å². The summed E-state index contributed by atoms with van der Waals surface area (Å²) in [5.41, 5.74) is 16.8. The molecular formula is C35H61N11O14. The van der Waals surface area contributed by atoms with Gasteiger partial charge in [0.15, 0.2) is 12.0 Å². The zero-order valence-electron chi connectivity index (χ0n) is 34.3. The third-order valence-corrected chi connectivity index (χ3v) is 9.36. The van der Waals surface area contributed by atoms with E-state index < -0.39 is 133 Å². The van der Waals surface area contributed by atoms with Crippen molar-refractivity contribution in [3.63, 3.8) is 0 Å². The zero-order valence-corrected chi connectivity index (χ0v) is 34.3. The lowest BCUT2D eigenvalue weighted by molar-refractivity contribution is -0.145. The maximum absolute atomic E-state index is 13.6. The second kappa shape index (κ2) is 25.1. The number of aliphatic carboxylic acids is 2. The van der Waals surface area contributed by atoms with Crippen LogP contribution in [0.15, 0.2) is 4.99 Å². The second-order valence-corrected chi connectivity index (χ2v) is 14.9. The Hall–Kier alpha value is -5.66. The van der Waals surface area contributed by atoms with Gasteiger partial charge in [0, 0.05) is 13.1 Å². The summed E-state index contributed by atoms with van der Waals surface area (Å²) in [4.78, 5) is 121. The van der Waals surface area contributed by atoms with E-state index in [2.05, 4.69) is 36.9 Å². The number of carbonyl (C=O) groups is 9. The van der Waals surface area contributed by atoms with E-state index in [1.54, 1.807) is 13.8 Å². The lowest BCUT2D eigenvalue weighted by atomic mass is 10.0. The fourth-order valence-electron chi connectivity index (χ4n) is 5.83. The largest absolute Gasteiger partial charge is 0.481 e. The molecule has 0 aliphatic carbocycles. The number of nitrogens with zero attached hydrogens (tertiary/aromatic N) is 2. The van der Waals surface area contributed by atoms with Gasteiger partial charge in [-0.25, -0.2) is 4.79 Å². The van der Waals surface area contributed by atoms with Crippen LogP contribution in [-0.4, -0.2) is 170 Å². The van der Waals surface area contributed by atoms with Crippen molar-refractivity contribution in [1.82, 2.24) is 36.8 Å². The summed E-state index contributed by atoms with van der Waals surface area (Å²) < 4.78 is 0. The molecule has 25 nitrogen and oxygen atoms in total. The second-order valence-electron chi connectivity index (χ2n) is 14.9. The van der Waals surface area contributed by atoms with Gasteiger partial charge in [-0.1, -0.05) is 27.7 Å². The van der Waals surface area contributed by atoms with Crippen LogP contribution >= 0.6 is 0 Å². The van der Waals surface area contributed by atoms with Gasteiger partial charge in [-0.3, -0.25) is 43.3 Å². The Balaban J connectivity index is 3.20. The summed E-state index contributed by atoms with van der Waals surface area (Å²) in [6.45, 7) is 5.63. The van der Waals surface area contributed by atoms with Gasteiger partial charge in [0.25, 0.3) is 0 Å². The van der Waals surface area contributed by atoms with Crippen molar-refractivity contribution in [3.8, 4) is 0 Å². The number of aliphatic imine (C=N–C) groups is 1. The standard InChI is InChI=1S/C35H61N11O14/c1-15(2)24(36)33(58)46-11-7-9-22(46)31(56)40-18(8-6-10-39-35(37)38)27(52)42-20(13-47)29(54)41-19(12-23(50)51)28(53)43-21(14-48)30(55)44-25(16(3)4)32(57)45-26(17(5)49)34(59)60/h15-22,24-26,47-49H,6-14,36H2,1-5H3,(H,40,56)(H,41,54)(H,42,52)(H,43,53)(H,44,55)(H,45,57)(H,50,51)(H,59,60)(H4,37,38,39)/t17-,18+,19+,20+,21+,22+,24+,25+,26+/m1/s1. The lowest BCUT2D eigenvalue weighted by Crippen LogP contribution is -2.62. The molecule has 1 aliphatic heterocycles. The minimum absolute atomic E-state index is 0.0293. The molecule has 0 aromatic heterocycles. The molecule has 1 fully saturated rings. The van der Waals surface area contributed by atoms with E-state index in [1.165, 1.54) is 18.7 Å². The fourth-order valence-corrected chi connectivity index (χ4v) is 5.83. The molecule has 25 heteroatoms. The predicted molar refractivity (Wildman–Crippen MR) is 210 cm³/mol. The number of nitrogens with one attached hydrogen (secondary N) is 6. The highest BCUT2D eigenvalue weighted by molar-refractivity contribution is 5.98. The van der Waals surface area contributed by atoms with Crippen LogP contribution in [0.1, 0.15) is 66.7 Å². The molecule has 0 unspecified atom stereocenters. The summed E-state index contributed by atoms with van der Waals surface area (Å²) >= 11 is 0. The van der Waals surface area contributed by atoms with Crippen molar-refractivity contribution >= 4 is 59.2 Å². The quantitative estimate of drug-likeness (QED) is 0.0231. The van der Waals surface area contributed by atoms with E-state index in [4.69, 9.17) is 17.2 Å². The summed E-state index contributed by atoms with van der Waals surface area (Å²) in [5.74, 6) is -11.3. The molecule has 0 spiro atoms. The van der Waals surface area contributed by atoms with Crippen LogP contribution in [0, 0.1) is 11.8 Å². The van der Waals surface area contributed by atoms with E-state index in [-0.39, 0.29) is 44.2 Å². The van der Waals surface area contributed by atoms with Crippen LogP contribution in [0.2, 0.25) is 0 Å². The molecule has 0 aromatic rings. The van der Waals surface area contributed by atoms with E-state index in [0.29, 0.717) is 6.42 Å². The molecule has 0 aromatic carbocycles. The Kier molecular flexibility index (Phi) is 21.9. The number of hydrogen-bond donors (Lipinski definition) is 14. The number of carboxylic acid groups (broad SMARTS) is 2. The van der Waals surface area contributed by atoms with Crippen LogP contribution in [0.5, 0.6) is 0 Å². The summed E-state index contributed by atoms with van der Waals surface area (Å²) in [6.07, 6.45) is -1.85. The summed E-state index contributed by atoms with van der Waals surface area (Å²) in [6, 6.07) is -12.1. The minimum Gasteiger partial charge on any atom is -0.481 e. The number of aliphatic hydroxyl groups is 3. The van der Waals surface area contributed by atoms with Crippen molar-refractivity contribution in [3.05, 3.63) is 0 Å². The lowest BCUT2D eigenvalue weighted by Gasteiger charge is -2.30. The Bertz CT molecular complexity index is 1570. The van der Waals surface area contributed by atoms with E-state index in [0.717, 1.165) is 6.92 Å². The van der Waals surface area contributed by atoms with Crippen LogP contribution < -0.4 is 49.1 Å². The first-order valence-corrected chi connectivity index (χ1v) is 19.2. The molecule has 1 saturated heterocycles. The number of carbonyl (C=O) groups excluding carboxylic acids is 7. The van der Waals surface area contributed by atoms with Gasteiger partial charge in [0.1, 0.15) is 36.3 Å². The van der Waals surface area contributed by atoms with Gasteiger partial charge in [-0.05, 0) is 44.4 Å². The monoisotopic (exact) mass is 859 g/mol. The van der Waals surface area contributed by atoms with Crippen LogP contribution in [0.4, 0.5) is 0 Å². The summed E-state index contributed by atoms with van der Waals surface area (Å²) in [5, 5.41) is 61.8.